The predicted molar refractivity (Wildman–Crippen MR) is 84.3 cm³/mol. The van der Waals surface area contributed by atoms with Crippen molar-refractivity contribution in [1.29, 1.82) is 0 Å². The fourth-order valence-corrected chi connectivity index (χ4v) is 2.60. The van der Waals surface area contributed by atoms with Crippen molar-refractivity contribution in [3.05, 3.63) is 69.4 Å². The molecule has 0 aliphatic rings. The fourth-order valence-electron chi connectivity index (χ4n) is 1.70. The molecule has 2 nitrogen and oxygen atoms in total. The monoisotopic (exact) mass is 399 g/mol. The number of carbonyl (C=O) groups excluding carboxylic acids is 1. The highest BCUT2D eigenvalue weighted by Crippen LogP contribution is 2.18. The molecule has 0 aliphatic carbocycles. The van der Waals surface area contributed by atoms with Crippen LogP contribution in [0.15, 0.2) is 46.9 Å². The van der Waals surface area contributed by atoms with E-state index >= 15 is 0 Å². The first-order valence-electron chi connectivity index (χ1n) is 5.97. The molecule has 0 bridgehead atoms. The third-order valence-electron chi connectivity index (χ3n) is 2.81. The summed E-state index contributed by atoms with van der Waals surface area (Å²) in [6, 6.07) is 12.0. The summed E-state index contributed by atoms with van der Waals surface area (Å²) in [5.74, 6) is -0.611. The number of alkyl halides is 1. The largest absolute Gasteiger partial charge is 0.348 e. The van der Waals surface area contributed by atoms with Gasteiger partial charge in [0.25, 0.3) is 5.91 Å². The van der Waals surface area contributed by atoms with Crippen molar-refractivity contribution in [3.63, 3.8) is 0 Å². The normalized spacial score (nSPS) is 10.3. The molecule has 2 aromatic carbocycles. The summed E-state index contributed by atoms with van der Waals surface area (Å²) in [6.45, 7) is 0.436. The molecule has 0 saturated carbocycles. The molecule has 0 heterocycles. The number of hydrogen-bond donors (Lipinski definition) is 1. The number of benzene rings is 2. The van der Waals surface area contributed by atoms with E-state index in [4.69, 9.17) is 0 Å². The molecule has 0 atom stereocenters. The Hall–Kier alpha value is -1.20. The Balaban J connectivity index is 2.00. The molecular formula is C15H12Br2FNO. The zero-order valence-corrected chi connectivity index (χ0v) is 13.7. The first-order chi connectivity index (χ1) is 9.60. The van der Waals surface area contributed by atoms with Gasteiger partial charge in [-0.3, -0.25) is 4.79 Å². The van der Waals surface area contributed by atoms with E-state index < -0.39 is 0 Å². The number of amides is 1. The van der Waals surface area contributed by atoms with Crippen LogP contribution in [-0.2, 0) is 11.9 Å². The minimum Gasteiger partial charge on any atom is -0.348 e. The molecule has 1 N–H and O–H groups in total. The second-order valence-electron chi connectivity index (χ2n) is 4.26. The van der Waals surface area contributed by atoms with E-state index in [1.54, 1.807) is 0 Å². The first kappa shape index (κ1) is 15.2. The molecule has 0 aliphatic heterocycles. The van der Waals surface area contributed by atoms with Crippen LogP contribution in [-0.4, -0.2) is 5.91 Å². The van der Waals surface area contributed by atoms with Crippen LogP contribution < -0.4 is 5.32 Å². The summed E-state index contributed by atoms with van der Waals surface area (Å²) in [5, 5.41) is 3.62. The Morgan fingerprint density at radius 2 is 1.75 bits per heavy atom. The number of hydrogen-bond acceptors (Lipinski definition) is 1. The third kappa shape index (κ3) is 3.90. The summed E-state index contributed by atoms with van der Waals surface area (Å²) in [4.78, 5) is 12.0. The standard InChI is InChI=1S/C15H12Br2FNO/c16-8-10-1-3-11(4-2-10)9-19-15(20)13-6-5-12(18)7-14(13)17/h1-7H,8-9H2,(H,19,20). The average molecular weight is 401 g/mol. The molecule has 1 amide bonds. The van der Waals surface area contributed by atoms with Crippen molar-refractivity contribution >= 4 is 37.8 Å². The highest BCUT2D eigenvalue weighted by atomic mass is 79.9. The Morgan fingerprint density at radius 3 is 2.35 bits per heavy atom. The summed E-state index contributed by atoms with van der Waals surface area (Å²) in [7, 11) is 0. The summed E-state index contributed by atoms with van der Waals surface area (Å²) < 4.78 is 13.4. The van der Waals surface area contributed by atoms with Gasteiger partial charge in [-0.2, -0.15) is 0 Å². The minimum absolute atomic E-state index is 0.235. The number of rotatable bonds is 4. The smallest absolute Gasteiger partial charge is 0.252 e. The highest BCUT2D eigenvalue weighted by Gasteiger charge is 2.10. The van der Waals surface area contributed by atoms with E-state index in [0.717, 1.165) is 10.9 Å². The zero-order chi connectivity index (χ0) is 14.5. The van der Waals surface area contributed by atoms with Gasteiger partial charge in [-0.1, -0.05) is 40.2 Å². The topological polar surface area (TPSA) is 29.1 Å². The summed E-state index contributed by atoms with van der Waals surface area (Å²) >= 11 is 6.57. The average Bonchev–Trinajstić information content (AvgIpc) is 2.45. The van der Waals surface area contributed by atoms with Gasteiger partial charge in [-0.15, -0.1) is 0 Å². The van der Waals surface area contributed by atoms with E-state index in [-0.39, 0.29) is 11.7 Å². The zero-order valence-electron chi connectivity index (χ0n) is 10.5. The van der Waals surface area contributed by atoms with Crippen molar-refractivity contribution in [2.45, 2.75) is 11.9 Å². The number of carbonyl (C=O) groups is 1. The second-order valence-corrected chi connectivity index (χ2v) is 5.67. The molecule has 20 heavy (non-hydrogen) atoms. The van der Waals surface area contributed by atoms with Crippen LogP contribution in [0.5, 0.6) is 0 Å². The Bertz CT molecular complexity index is 614. The van der Waals surface area contributed by atoms with E-state index in [1.807, 2.05) is 24.3 Å². The van der Waals surface area contributed by atoms with Crippen LogP contribution in [0.4, 0.5) is 4.39 Å². The van der Waals surface area contributed by atoms with E-state index in [9.17, 15) is 9.18 Å². The van der Waals surface area contributed by atoms with Gasteiger partial charge in [0.2, 0.25) is 0 Å². The molecule has 5 heteroatoms. The lowest BCUT2D eigenvalue weighted by Crippen LogP contribution is -2.23. The molecule has 0 spiro atoms. The highest BCUT2D eigenvalue weighted by molar-refractivity contribution is 9.10. The maximum absolute atomic E-state index is 13.0. The van der Waals surface area contributed by atoms with Crippen molar-refractivity contribution in [1.82, 2.24) is 5.32 Å². The molecule has 0 fully saturated rings. The molecule has 104 valence electrons. The fraction of sp³-hybridized carbons (Fsp3) is 0.133. The number of halogens is 3. The molecule has 2 aromatic rings. The minimum atomic E-state index is -0.376. The van der Waals surface area contributed by atoms with E-state index in [0.29, 0.717) is 16.6 Å². The Morgan fingerprint density at radius 1 is 1.10 bits per heavy atom. The van der Waals surface area contributed by atoms with Crippen molar-refractivity contribution in [3.8, 4) is 0 Å². The van der Waals surface area contributed by atoms with Crippen molar-refractivity contribution in [2.24, 2.45) is 0 Å². The van der Waals surface area contributed by atoms with Gasteiger partial charge in [-0.25, -0.2) is 4.39 Å². The Kier molecular flexibility index (Phi) is 5.31. The van der Waals surface area contributed by atoms with Crippen molar-refractivity contribution in [2.75, 3.05) is 0 Å². The number of nitrogens with one attached hydrogen (secondary N) is 1. The lowest BCUT2D eigenvalue weighted by molar-refractivity contribution is 0.0950. The second kappa shape index (κ2) is 6.99. The lowest BCUT2D eigenvalue weighted by atomic mass is 10.1. The van der Waals surface area contributed by atoms with Gasteiger partial charge in [0, 0.05) is 16.3 Å². The van der Waals surface area contributed by atoms with Gasteiger partial charge in [-0.05, 0) is 45.3 Å². The van der Waals surface area contributed by atoms with Crippen molar-refractivity contribution < 1.29 is 9.18 Å². The van der Waals surface area contributed by atoms with Gasteiger partial charge < -0.3 is 5.32 Å². The van der Waals surface area contributed by atoms with Crippen LogP contribution in [0.25, 0.3) is 0 Å². The van der Waals surface area contributed by atoms with Crippen LogP contribution in [0.3, 0.4) is 0 Å². The molecular weight excluding hydrogens is 389 g/mol. The Labute approximate surface area is 133 Å². The van der Waals surface area contributed by atoms with Gasteiger partial charge in [0.1, 0.15) is 5.82 Å². The van der Waals surface area contributed by atoms with E-state index in [1.165, 1.54) is 23.8 Å². The maximum atomic E-state index is 13.0. The quantitative estimate of drug-likeness (QED) is 0.756. The molecule has 0 radical (unpaired) electrons. The van der Waals surface area contributed by atoms with Crippen LogP contribution >= 0.6 is 31.9 Å². The van der Waals surface area contributed by atoms with Crippen LogP contribution in [0, 0.1) is 5.82 Å². The molecule has 0 aromatic heterocycles. The maximum Gasteiger partial charge on any atom is 0.252 e. The van der Waals surface area contributed by atoms with Crippen LogP contribution in [0.2, 0.25) is 0 Å². The van der Waals surface area contributed by atoms with Crippen LogP contribution in [0.1, 0.15) is 21.5 Å². The SMILES string of the molecule is O=C(NCc1ccc(CBr)cc1)c1ccc(F)cc1Br. The molecule has 2 rings (SSSR count). The molecule has 0 unspecified atom stereocenters. The molecule has 0 saturated heterocycles. The third-order valence-corrected chi connectivity index (χ3v) is 4.11. The van der Waals surface area contributed by atoms with Gasteiger partial charge in [0.15, 0.2) is 0 Å². The van der Waals surface area contributed by atoms with Gasteiger partial charge >= 0.3 is 0 Å². The summed E-state index contributed by atoms with van der Waals surface area (Å²) in [6.07, 6.45) is 0. The lowest BCUT2D eigenvalue weighted by Gasteiger charge is -2.07. The van der Waals surface area contributed by atoms with Gasteiger partial charge in [0.05, 0.1) is 5.56 Å². The first-order valence-corrected chi connectivity index (χ1v) is 7.88. The summed E-state index contributed by atoms with van der Waals surface area (Å²) in [5.41, 5.74) is 2.62. The predicted octanol–water partition coefficient (Wildman–Crippen LogP) is 4.41. The van der Waals surface area contributed by atoms with E-state index in [2.05, 4.69) is 37.2 Å².